The topological polar surface area (TPSA) is 53.0 Å². The van der Waals surface area contributed by atoms with E-state index in [4.69, 9.17) is 9.72 Å². The predicted octanol–water partition coefficient (Wildman–Crippen LogP) is 2.30. The summed E-state index contributed by atoms with van der Waals surface area (Å²) in [6.07, 6.45) is 1.22. The fourth-order valence-electron chi connectivity index (χ4n) is 3.80. The van der Waals surface area contributed by atoms with E-state index in [1.165, 1.54) is 23.5 Å². The largest absolute Gasteiger partial charge is 0.381 e. The molecule has 1 N–H and O–H groups in total. The molecule has 1 atom stereocenters. The molecule has 0 aliphatic carbocycles. The van der Waals surface area contributed by atoms with E-state index >= 15 is 0 Å². The molecule has 2 aliphatic heterocycles. The summed E-state index contributed by atoms with van der Waals surface area (Å²) in [5.74, 6) is 2.20. The summed E-state index contributed by atoms with van der Waals surface area (Å²) in [5.41, 5.74) is 1.23. The zero-order valence-corrected chi connectivity index (χ0v) is 17.4. The van der Waals surface area contributed by atoms with Gasteiger partial charge in [-0.1, -0.05) is 13.8 Å². The highest BCUT2D eigenvalue weighted by Crippen LogP contribution is 2.24. The number of ether oxygens (including phenoxy) is 1. The maximum Gasteiger partial charge on any atom is 0.194 e. The van der Waals surface area contributed by atoms with Crippen molar-refractivity contribution in [2.24, 2.45) is 10.9 Å². The quantitative estimate of drug-likeness (QED) is 0.628. The van der Waals surface area contributed by atoms with Gasteiger partial charge >= 0.3 is 0 Å². The minimum absolute atomic E-state index is 0.484. The Labute approximate surface area is 161 Å². The molecule has 0 saturated carbocycles. The molecule has 0 bridgehead atoms. The van der Waals surface area contributed by atoms with Crippen LogP contribution < -0.4 is 5.32 Å². The lowest BCUT2D eigenvalue weighted by molar-refractivity contribution is 0.139. The Morgan fingerprint density at radius 2 is 2.12 bits per heavy atom. The number of nitrogens with one attached hydrogen (secondary N) is 1. The van der Waals surface area contributed by atoms with E-state index in [9.17, 15) is 0 Å². The number of thiazole rings is 1. The number of hydrogen-bond donors (Lipinski definition) is 1. The molecule has 3 rings (SSSR count). The van der Waals surface area contributed by atoms with Crippen LogP contribution in [0.4, 0.5) is 0 Å². The minimum atomic E-state index is 0.484. The molecule has 1 aromatic rings. The van der Waals surface area contributed by atoms with Crippen molar-refractivity contribution >= 4 is 17.3 Å². The van der Waals surface area contributed by atoms with Crippen molar-refractivity contribution in [3.05, 3.63) is 15.6 Å². The lowest BCUT2D eigenvalue weighted by atomic mass is 10.1. The number of aryl methyl sites for hydroxylation is 1. The third kappa shape index (κ3) is 4.96. The van der Waals surface area contributed by atoms with Crippen molar-refractivity contribution in [1.29, 1.82) is 0 Å². The molecule has 6 nitrogen and oxygen atoms in total. The van der Waals surface area contributed by atoms with Crippen LogP contribution in [0.3, 0.4) is 0 Å². The Bertz CT molecular complexity index is 601. The Hall–Kier alpha value is -1.18. The second kappa shape index (κ2) is 9.15. The molecule has 1 unspecified atom stereocenters. The lowest BCUT2D eigenvalue weighted by Crippen LogP contribution is -2.53. The summed E-state index contributed by atoms with van der Waals surface area (Å²) < 4.78 is 5.50. The first kappa shape index (κ1) is 19.6. The lowest BCUT2D eigenvalue weighted by Gasteiger charge is -2.37. The maximum atomic E-state index is 5.50. The smallest absolute Gasteiger partial charge is 0.194 e. The van der Waals surface area contributed by atoms with Gasteiger partial charge in [-0.15, -0.1) is 11.3 Å². The Morgan fingerprint density at radius 1 is 1.35 bits per heavy atom. The highest BCUT2D eigenvalue weighted by molar-refractivity contribution is 7.11. The van der Waals surface area contributed by atoms with Crippen molar-refractivity contribution in [2.75, 3.05) is 53.0 Å². The average Bonchev–Trinajstić information content (AvgIpc) is 3.26. The SMILES string of the molecule is CN=C(NCc1nc(C(C)C)c(C)s1)N1CCN(CC2CCOC2)CC1. The van der Waals surface area contributed by atoms with E-state index in [1.807, 2.05) is 7.05 Å². The van der Waals surface area contributed by atoms with Crippen molar-refractivity contribution in [2.45, 2.75) is 39.7 Å². The fraction of sp³-hybridized carbons (Fsp3) is 0.789. The molecule has 1 aromatic heterocycles. The minimum Gasteiger partial charge on any atom is -0.381 e. The fourth-order valence-corrected chi connectivity index (χ4v) is 4.83. The van der Waals surface area contributed by atoms with Crippen LogP contribution >= 0.6 is 11.3 Å². The van der Waals surface area contributed by atoms with E-state index in [0.29, 0.717) is 5.92 Å². The molecule has 0 amide bonds. The van der Waals surface area contributed by atoms with Gasteiger partial charge in [-0.05, 0) is 25.2 Å². The van der Waals surface area contributed by atoms with E-state index in [-0.39, 0.29) is 0 Å². The Kier molecular flexibility index (Phi) is 6.89. The van der Waals surface area contributed by atoms with Gasteiger partial charge in [0, 0.05) is 51.3 Å². The van der Waals surface area contributed by atoms with Crippen LogP contribution in [0.1, 0.15) is 41.8 Å². The molecule has 7 heteroatoms. The Morgan fingerprint density at radius 3 is 2.69 bits per heavy atom. The average molecular weight is 380 g/mol. The van der Waals surface area contributed by atoms with Gasteiger partial charge in [0.2, 0.25) is 0 Å². The zero-order chi connectivity index (χ0) is 18.5. The summed E-state index contributed by atoms with van der Waals surface area (Å²) >= 11 is 1.79. The zero-order valence-electron chi connectivity index (χ0n) is 16.6. The van der Waals surface area contributed by atoms with Crippen LogP contribution in [0.5, 0.6) is 0 Å². The second-order valence-corrected chi connectivity index (χ2v) is 8.91. The van der Waals surface area contributed by atoms with Gasteiger partial charge in [0.1, 0.15) is 5.01 Å². The first-order valence-corrected chi connectivity index (χ1v) is 10.6. The molecule has 0 spiro atoms. The number of nitrogens with zero attached hydrogens (tertiary/aromatic N) is 4. The van der Waals surface area contributed by atoms with Crippen molar-refractivity contribution in [1.82, 2.24) is 20.1 Å². The highest BCUT2D eigenvalue weighted by Gasteiger charge is 2.24. The second-order valence-electron chi connectivity index (χ2n) is 7.62. The third-order valence-electron chi connectivity index (χ3n) is 5.25. The van der Waals surface area contributed by atoms with E-state index < -0.39 is 0 Å². The summed E-state index contributed by atoms with van der Waals surface area (Å²) in [6, 6.07) is 0. The predicted molar refractivity (Wildman–Crippen MR) is 108 cm³/mol. The van der Waals surface area contributed by atoms with Crippen LogP contribution in [0, 0.1) is 12.8 Å². The molecule has 146 valence electrons. The number of guanidine groups is 1. The van der Waals surface area contributed by atoms with Gasteiger partial charge in [0.25, 0.3) is 0 Å². The molecule has 2 aliphatic rings. The molecule has 0 aromatic carbocycles. The molecular weight excluding hydrogens is 346 g/mol. The van der Waals surface area contributed by atoms with Gasteiger partial charge in [0.05, 0.1) is 18.8 Å². The van der Waals surface area contributed by atoms with Crippen LogP contribution in [-0.4, -0.2) is 73.7 Å². The normalized spacial score (nSPS) is 22.4. The monoisotopic (exact) mass is 379 g/mol. The van der Waals surface area contributed by atoms with Gasteiger partial charge in [-0.3, -0.25) is 9.89 Å². The van der Waals surface area contributed by atoms with Crippen LogP contribution in [0.2, 0.25) is 0 Å². The van der Waals surface area contributed by atoms with Gasteiger partial charge in [-0.2, -0.15) is 0 Å². The van der Waals surface area contributed by atoms with E-state index in [0.717, 1.165) is 62.8 Å². The number of aromatic nitrogens is 1. The molecular formula is C19H33N5OS. The van der Waals surface area contributed by atoms with Gasteiger partial charge in [0.15, 0.2) is 5.96 Å². The first-order chi connectivity index (χ1) is 12.6. The summed E-state index contributed by atoms with van der Waals surface area (Å²) in [4.78, 5) is 15.5. The number of piperazine rings is 1. The van der Waals surface area contributed by atoms with Crippen LogP contribution in [0.15, 0.2) is 4.99 Å². The molecule has 2 saturated heterocycles. The molecule has 0 radical (unpaired) electrons. The molecule has 2 fully saturated rings. The van der Waals surface area contributed by atoms with Gasteiger partial charge < -0.3 is 15.0 Å². The standard InChI is InChI=1S/C19H33N5OS/c1-14(2)18-15(3)26-17(22-18)11-21-19(20-4)24-8-6-23(7-9-24)12-16-5-10-25-13-16/h14,16H,5-13H2,1-4H3,(H,20,21). The van der Waals surface area contributed by atoms with Gasteiger partial charge in [-0.25, -0.2) is 4.98 Å². The third-order valence-corrected chi connectivity index (χ3v) is 6.23. The van der Waals surface area contributed by atoms with E-state index in [2.05, 4.69) is 40.9 Å². The molecule has 3 heterocycles. The van der Waals surface area contributed by atoms with Crippen molar-refractivity contribution in [3.63, 3.8) is 0 Å². The Balaban J connectivity index is 1.46. The number of hydrogen-bond acceptors (Lipinski definition) is 5. The van der Waals surface area contributed by atoms with Crippen molar-refractivity contribution < 1.29 is 4.74 Å². The van der Waals surface area contributed by atoms with Crippen LogP contribution in [0.25, 0.3) is 0 Å². The molecule has 26 heavy (non-hydrogen) atoms. The summed E-state index contributed by atoms with van der Waals surface area (Å²) in [7, 11) is 1.87. The van der Waals surface area contributed by atoms with Crippen LogP contribution in [-0.2, 0) is 11.3 Å². The summed E-state index contributed by atoms with van der Waals surface area (Å²) in [6.45, 7) is 14.6. The van der Waals surface area contributed by atoms with E-state index in [1.54, 1.807) is 11.3 Å². The highest BCUT2D eigenvalue weighted by atomic mass is 32.1. The first-order valence-electron chi connectivity index (χ1n) is 9.78. The summed E-state index contributed by atoms with van der Waals surface area (Å²) in [5, 5.41) is 4.65. The maximum absolute atomic E-state index is 5.50. The number of aliphatic imine (C=N–C) groups is 1. The van der Waals surface area contributed by atoms with Crippen molar-refractivity contribution in [3.8, 4) is 0 Å². The number of rotatable bonds is 5.